The van der Waals surface area contributed by atoms with E-state index in [0.717, 1.165) is 9.99 Å². The lowest BCUT2D eigenvalue weighted by Gasteiger charge is -2.11. The highest BCUT2D eigenvalue weighted by Gasteiger charge is 2.19. The van der Waals surface area contributed by atoms with Crippen molar-refractivity contribution in [2.45, 2.75) is 6.10 Å². The van der Waals surface area contributed by atoms with Crippen LogP contribution >= 0.6 is 15.9 Å². The predicted molar refractivity (Wildman–Crippen MR) is 73.4 cm³/mol. The molecule has 2 aromatic heterocycles. The van der Waals surface area contributed by atoms with E-state index in [0.29, 0.717) is 5.56 Å². The van der Waals surface area contributed by atoms with Gasteiger partial charge in [-0.1, -0.05) is 22.0 Å². The van der Waals surface area contributed by atoms with E-state index in [4.69, 9.17) is 0 Å². The summed E-state index contributed by atoms with van der Waals surface area (Å²) in [4.78, 5) is 0. The van der Waals surface area contributed by atoms with Gasteiger partial charge in [-0.3, -0.25) is 0 Å². The maximum atomic E-state index is 13.8. The minimum absolute atomic E-state index is 0.230. The van der Waals surface area contributed by atoms with E-state index in [2.05, 4.69) is 21.0 Å². The van der Waals surface area contributed by atoms with Gasteiger partial charge in [-0.15, -0.1) is 0 Å². The summed E-state index contributed by atoms with van der Waals surface area (Å²) in [6, 6.07) is 10.0. The lowest BCUT2D eigenvalue weighted by Crippen LogP contribution is -2.02. The summed E-state index contributed by atoms with van der Waals surface area (Å²) in [5, 5.41) is 14.5. The molecule has 1 atom stereocenters. The molecule has 0 aliphatic heterocycles. The molecule has 0 amide bonds. The molecule has 0 fully saturated rings. The highest BCUT2D eigenvalue weighted by Crippen LogP contribution is 2.29. The Kier molecular flexibility index (Phi) is 3.08. The average molecular weight is 321 g/mol. The van der Waals surface area contributed by atoms with E-state index in [-0.39, 0.29) is 5.56 Å². The van der Waals surface area contributed by atoms with E-state index in [9.17, 15) is 9.50 Å². The molecule has 0 saturated heterocycles. The maximum Gasteiger partial charge on any atom is 0.129 e. The molecule has 2 heterocycles. The van der Waals surface area contributed by atoms with Crippen molar-refractivity contribution in [3.05, 3.63) is 70.2 Å². The zero-order chi connectivity index (χ0) is 13.4. The Balaban J connectivity index is 2.13. The van der Waals surface area contributed by atoms with Gasteiger partial charge in [-0.25, -0.2) is 8.91 Å². The van der Waals surface area contributed by atoms with E-state index in [1.165, 1.54) is 6.07 Å². The van der Waals surface area contributed by atoms with Gasteiger partial charge in [0.05, 0.1) is 11.7 Å². The first kappa shape index (κ1) is 12.3. The Labute approximate surface area is 117 Å². The maximum absolute atomic E-state index is 13.8. The third kappa shape index (κ3) is 2.15. The van der Waals surface area contributed by atoms with Gasteiger partial charge in [0.1, 0.15) is 11.9 Å². The average Bonchev–Trinajstić information content (AvgIpc) is 2.84. The van der Waals surface area contributed by atoms with Gasteiger partial charge >= 0.3 is 0 Å². The second kappa shape index (κ2) is 4.75. The van der Waals surface area contributed by atoms with Crippen LogP contribution in [0.3, 0.4) is 0 Å². The van der Waals surface area contributed by atoms with Crippen molar-refractivity contribution in [2.24, 2.45) is 0 Å². The van der Waals surface area contributed by atoms with Crippen molar-refractivity contribution in [1.29, 1.82) is 0 Å². The molecule has 19 heavy (non-hydrogen) atoms. The van der Waals surface area contributed by atoms with Crippen LogP contribution in [0.1, 0.15) is 17.2 Å². The summed E-state index contributed by atoms with van der Waals surface area (Å²) >= 11 is 3.28. The van der Waals surface area contributed by atoms with E-state index in [1.807, 2.05) is 18.2 Å². The van der Waals surface area contributed by atoms with Crippen molar-refractivity contribution >= 4 is 21.4 Å². The molecular formula is C14H10BrFN2O. The number of aromatic nitrogens is 2. The number of pyridine rings is 1. The number of aliphatic hydroxyl groups excluding tert-OH is 1. The molecule has 0 aliphatic carbocycles. The minimum Gasteiger partial charge on any atom is -0.383 e. The lowest BCUT2D eigenvalue weighted by molar-refractivity contribution is 0.216. The fourth-order valence-corrected chi connectivity index (χ4v) is 2.44. The Morgan fingerprint density at radius 2 is 2.05 bits per heavy atom. The van der Waals surface area contributed by atoms with E-state index >= 15 is 0 Å². The molecular weight excluding hydrogens is 311 g/mol. The van der Waals surface area contributed by atoms with Crippen molar-refractivity contribution in [3.63, 3.8) is 0 Å². The first-order valence-electron chi connectivity index (χ1n) is 5.72. The molecule has 3 nitrogen and oxygen atoms in total. The molecule has 1 aromatic carbocycles. The molecule has 0 aliphatic rings. The highest BCUT2D eigenvalue weighted by atomic mass is 79.9. The SMILES string of the molecule is OC(c1cc(Br)ccc1F)c1cnn2ccccc12. The zero-order valence-corrected chi connectivity index (χ0v) is 11.4. The topological polar surface area (TPSA) is 37.5 Å². The number of fused-ring (bicyclic) bond motifs is 1. The smallest absolute Gasteiger partial charge is 0.129 e. The zero-order valence-electron chi connectivity index (χ0n) is 9.79. The molecule has 3 rings (SSSR count). The van der Waals surface area contributed by atoms with Crippen molar-refractivity contribution in [1.82, 2.24) is 9.61 Å². The summed E-state index contributed by atoms with van der Waals surface area (Å²) in [6.07, 6.45) is 2.29. The van der Waals surface area contributed by atoms with Gasteiger partial charge in [0.25, 0.3) is 0 Å². The standard InChI is InChI=1S/C14H10BrFN2O/c15-9-4-5-12(16)10(7-9)14(19)11-8-17-18-6-2-1-3-13(11)18/h1-8,14,19H. The molecule has 0 radical (unpaired) electrons. The first-order chi connectivity index (χ1) is 9.16. The summed E-state index contributed by atoms with van der Waals surface area (Å²) in [5.41, 5.74) is 1.57. The molecule has 0 spiro atoms. The van der Waals surface area contributed by atoms with Crippen LogP contribution in [0.5, 0.6) is 0 Å². The fraction of sp³-hybridized carbons (Fsp3) is 0.0714. The molecule has 1 N–H and O–H groups in total. The summed E-state index contributed by atoms with van der Waals surface area (Å²) in [6.45, 7) is 0. The number of nitrogens with zero attached hydrogens (tertiary/aromatic N) is 2. The summed E-state index contributed by atoms with van der Waals surface area (Å²) in [5.74, 6) is -0.439. The molecule has 0 saturated carbocycles. The van der Waals surface area contributed by atoms with Crippen LogP contribution in [0.4, 0.5) is 4.39 Å². The van der Waals surface area contributed by atoms with Crippen LogP contribution in [-0.4, -0.2) is 14.7 Å². The Bertz CT molecular complexity index is 741. The minimum atomic E-state index is -1.04. The monoisotopic (exact) mass is 320 g/mol. The number of halogens is 2. The van der Waals surface area contributed by atoms with Crippen LogP contribution in [0.15, 0.2) is 53.3 Å². The first-order valence-corrected chi connectivity index (χ1v) is 6.51. The molecule has 5 heteroatoms. The number of aliphatic hydroxyl groups is 1. The third-order valence-corrected chi connectivity index (χ3v) is 3.50. The van der Waals surface area contributed by atoms with Gasteiger partial charge in [0.2, 0.25) is 0 Å². The van der Waals surface area contributed by atoms with Crippen molar-refractivity contribution in [3.8, 4) is 0 Å². The Hall–Kier alpha value is -1.72. The van der Waals surface area contributed by atoms with Crippen molar-refractivity contribution in [2.75, 3.05) is 0 Å². The van der Waals surface area contributed by atoms with Gasteiger partial charge in [-0.2, -0.15) is 5.10 Å². The highest BCUT2D eigenvalue weighted by molar-refractivity contribution is 9.10. The van der Waals surface area contributed by atoms with Crippen LogP contribution < -0.4 is 0 Å². The van der Waals surface area contributed by atoms with Gasteiger partial charge < -0.3 is 5.11 Å². The predicted octanol–water partition coefficient (Wildman–Crippen LogP) is 3.32. The van der Waals surface area contributed by atoms with E-state index < -0.39 is 11.9 Å². The number of hydrogen-bond acceptors (Lipinski definition) is 2. The number of rotatable bonds is 2. The van der Waals surface area contributed by atoms with E-state index in [1.54, 1.807) is 29.0 Å². The number of benzene rings is 1. The Morgan fingerprint density at radius 1 is 1.21 bits per heavy atom. The van der Waals surface area contributed by atoms with Crippen LogP contribution in [0.25, 0.3) is 5.52 Å². The molecule has 96 valence electrons. The lowest BCUT2D eigenvalue weighted by atomic mass is 10.0. The molecule has 3 aromatic rings. The van der Waals surface area contributed by atoms with Crippen LogP contribution in [0, 0.1) is 5.82 Å². The van der Waals surface area contributed by atoms with Gasteiger partial charge in [-0.05, 0) is 30.3 Å². The van der Waals surface area contributed by atoms with Gasteiger partial charge in [0, 0.05) is 21.8 Å². The fourth-order valence-electron chi connectivity index (χ4n) is 2.06. The normalized spacial score (nSPS) is 12.8. The largest absolute Gasteiger partial charge is 0.383 e. The van der Waals surface area contributed by atoms with Crippen LogP contribution in [-0.2, 0) is 0 Å². The Morgan fingerprint density at radius 3 is 2.89 bits per heavy atom. The number of hydrogen-bond donors (Lipinski definition) is 1. The second-order valence-corrected chi connectivity index (χ2v) is 5.11. The quantitative estimate of drug-likeness (QED) is 0.786. The third-order valence-electron chi connectivity index (χ3n) is 3.00. The second-order valence-electron chi connectivity index (χ2n) is 4.20. The molecule has 1 unspecified atom stereocenters. The molecule has 0 bridgehead atoms. The summed E-state index contributed by atoms with van der Waals surface area (Å²) in [7, 11) is 0. The van der Waals surface area contributed by atoms with Gasteiger partial charge in [0.15, 0.2) is 0 Å². The summed E-state index contributed by atoms with van der Waals surface area (Å²) < 4.78 is 16.2. The van der Waals surface area contributed by atoms with Crippen LogP contribution in [0.2, 0.25) is 0 Å². The van der Waals surface area contributed by atoms with Crippen molar-refractivity contribution < 1.29 is 9.50 Å².